The van der Waals surface area contributed by atoms with Crippen LogP contribution in [0.4, 0.5) is 20.2 Å². The van der Waals surface area contributed by atoms with E-state index in [1.807, 2.05) is 6.07 Å². The molecule has 1 amide bonds. The van der Waals surface area contributed by atoms with Crippen LogP contribution < -0.4 is 15.0 Å². The highest BCUT2D eigenvalue weighted by atomic mass is 79.9. The number of nitrogens with one attached hydrogen (secondary N) is 1. The Hall–Kier alpha value is -1.94. The largest absolute Gasteiger partial charge is 0.487 e. The van der Waals surface area contributed by atoms with E-state index in [9.17, 15) is 13.6 Å². The molecule has 2 unspecified atom stereocenters. The van der Waals surface area contributed by atoms with Crippen LogP contribution in [0.2, 0.25) is 0 Å². The minimum Gasteiger partial charge on any atom is -0.420 e. The van der Waals surface area contributed by atoms with Crippen LogP contribution in [-0.2, 0) is 15.9 Å². The summed E-state index contributed by atoms with van der Waals surface area (Å²) in [6.45, 7) is 5.56. The summed E-state index contributed by atoms with van der Waals surface area (Å²) in [5.74, 6) is -0.416. The van der Waals surface area contributed by atoms with Crippen LogP contribution in [-0.4, -0.2) is 43.1 Å². The molecule has 0 bridgehead atoms. The average molecular weight is 574 g/mol. The van der Waals surface area contributed by atoms with E-state index in [-0.39, 0.29) is 30.0 Å². The van der Waals surface area contributed by atoms with Crippen molar-refractivity contribution in [2.24, 2.45) is 0 Å². The summed E-state index contributed by atoms with van der Waals surface area (Å²) >= 11 is 8.45. The summed E-state index contributed by atoms with van der Waals surface area (Å²) in [4.78, 5) is 15.3. The maximum absolute atomic E-state index is 12.9. The standard InChI is InChI=1S/C25H28BrClF2N2O4/c1-15(2)31-19(14-34-22-5-3-4-10-33-22)12-16-11-17(13-21(26)23(16)31)24(32)30-18-6-8-20(9-7-18)35-25(27,28)29/h6-9,11,13,15,19,22H,3-5,10,12,14H2,1-2H3,(H,30,32). The van der Waals surface area contributed by atoms with Crippen molar-refractivity contribution in [3.63, 3.8) is 0 Å². The van der Waals surface area contributed by atoms with Gasteiger partial charge in [0.05, 0.1) is 18.3 Å². The van der Waals surface area contributed by atoms with Gasteiger partial charge in [-0.05, 0) is 97.4 Å². The number of anilines is 2. The van der Waals surface area contributed by atoms with Gasteiger partial charge in [-0.1, -0.05) is 0 Å². The zero-order chi connectivity index (χ0) is 25.2. The molecule has 2 aliphatic rings. The Labute approximate surface area is 217 Å². The summed E-state index contributed by atoms with van der Waals surface area (Å²) in [6, 6.07) is 9.64. The first-order chi connectivity index (χ1) is 16.6. The number of ether oxygens (including phenoxy) is 3. The molecule has 2 heterocycles. The van der Waals surface area contributed by atoms with Crippen molar-refractivity contribution in [3.8, 4) is 5.75 Å². The number of amides is 1. The predicted molar refractivity (Wildman–Crippen MR) is 135 cm³/mol. The van der Waals surface area contributed by atoms with Gasteiger partial charge < -0.3 is 24.4 Å². The predicted octanol–water partition coefficient (Wildman–Crippen LogP) is 6.55. The number of carbonyl (C=O) groups excluding carboxylic acids is 1. The molecule has 35 heavy (non-hydrogen) atoms. The molecule has 6 nitrogen and oxygen atoms in total. The van der Waals surface area contributed by atoms with E-state index >= 15 is 0 Å². The van der Waals surface area contributed by atoms with E-state index < -0.39 is 5.57 Å². The van der Waals surface area contributed by atoms with Crippen molar-refractivity contribution < 1.29 is 27.8 Å². The van der Waals surface area contributed by atoms with Crippen molar-refractivity contribution in [2.45, 2.75) is 63.5 Å². The summed E-state index contributed by atoms with van der Waals surface area (Å²) in [7, 11) is 0. The van der Waals surface area contributed by atoms with Crippen LogP contribution in [0, 0.1) is 0 Å². The molecule has 0 aliphatic carbocycles. The fraction of sp³-hybridized carbons (Fsp3) is 0.480. The maximum atomic E-state index is 12.9. The Morgan fingerprint density at radius 1 is 1.29 bits per heavy atom. The first kappa shape index (κ1) is 26.1. The Morgan fingerprint density at radius 3 is 2.66 bits per heavy atom. The quantitative estimate of drug-likeness (QED) is 0.363. The fourth-order valence-electron chi connectivity index (χ4n) is 4.59. The molecule has 2 aliphatic heterocycles. The average Bonchev–Trinajstić information content (AvgIpc) is 3.18. The number of benzene rings is 2. The van der Waals surface area contributed by atoms with Crippen LogP contribution >= 0.6 is 27.5 Å². The van der Waals surface area contributed by atoms with E-state index in [4.69, 9.17) is 21.1 Å². The second kappa shape index (κ2) is 11.0. The highest BCUT2D eigenvalue weighted by Gasteiger charge is 2.34. The number of fused-ring (bicyclic) bond motifs is 1. The molecule has 0 saturated carbocycles. The van der Waals surface area contributed by atoms with Gasteiger partial charge >= 0.3 is 5.57 Å². The normalized spacial score (nSPS) is 20.1. The minimum atomic E-state index is -3.79. The molecule has 2 aromatic rings. The third kappa shape index (κ3) is 6.64. The molecule has 0 aromatic heterocycles. The van der Waals surface area contributed by atoms with Crippen molar-refractivity contribution in [2.75, 3.05) is 23.4 Å². The topological polar surface area (TPSA) is 60.0 Å². The first-order valence-corrected chi connectivity index (χ1v) is 12.8. The van der Waals surface area contributed by atoms with Gasteiger partial charge in [-0.25, -0.2) is 0 Å². The maximum Gasteiger partial charge on any atom is 0.487 e. The van der Waals surface area contributed by atoms with E-state index in [2.05, 4.69) is 44.7 Å². The molecule has 10 heteroatoms. The highest BCUT2D eigenvalue weighted by Crippen LogP contribution is 2.41. The fourth-order valence-corrected chi connectivity index (χ4v) is 5.39. The molecule has 0 spiro atoms. The van der Waals surface area contributed by atoms with Gasteiger partial charge in [0.15, 0.2) is 6.29 Å². The van der Waals surface area contributed by atoms with Crippen molar-refractivity contribution in [1.82, 2.24) is 0 Å². The zero-order valence-electron chi connectivity index (χ0n) is 19.5. The third-order valence-electron chi connectivity index (χ3n) is 6.03. The molecule has 4 rings (SSSR count). The Morgan fingerprint density at radius 2 is 2.03 bits per heavy atom. The van der Waals surface area contributed by atoms with E-state index in [0.717, 1.165) is 48.0 Å². The van der Waals surface area contributed by atoms with Crippen LogP contribution in [0.5, 0.6) is 5.75 Å². The molecule has 0 radical (unpaired) electrons. The van der Waals surface area contributed by atoms with Gasteiger partial charge in [-0.2, -0.15) is 0 Å². The number of hydrogen-bond acceptors (Lipinski definition) is 5. The summed E-state index contributed by atoms with van der Waals surface area (Å²) in [6.07, 6.45) is 3.70. The lowest BCUT2D eigenvalue weighted by atomic mass is 10.1. The van der Waals surface area contributed by atoms with Gasteiger partial charge in [-0.3, -0.25) is 4.79 Å². The minimum absolute atomic E-state index is 0.107. The molecule has 1 N–H and O–H groups in total. The number of nitrogens with zero attached hydrogens (tertiary/aromatic N) is 1. The first-order valence-electron chi connectivity index (χ1n) is 11.6. The number of rotatable bonds is 8. The summed E-state index contributed by atoms with van der Waals surface area (Å²) in [5, 5.41) is 2.79. The monoisotopic (exact) mass is 572 g/mol. The van der Waals surface area contributed by atoms with E-state index in [0.29, 0.717) is 17.9 Å². The molecule has 190 valence electrons. The number of hydrogen-bond donors (Lipinski definition) is 1. The van der Waals surface area contributed by atoms with Gasteiger partial charge in [0.2, 0.25) is 0 Å². The Kier molecular flexibility index (Phi) is 8.20. The number of halogens is 4. The van der Waals surface area contributed by atoms with Crippen LogP contribution in [0.3, 0.4) is 0 Å². The number of carbonyl (C=O) groups is 1. The molecule has 2 aromatic carbocycles. The molecule has 2 atom stereocenters. The van der Waals surface area contributed by atoms with Crippen LogP contribution in [0.15, 0.2) is 40.9 Å². The van der Waals surface area contributed by atoms with Crippen molar-refractivity contribution in [1.29, 1.82) is 0 Å². The number of alkyl halides is 3. The Bertz CT molecular complexity index is 1040. The molecule has 1 saturated heterocycles. The second-order valence-corrected chi connectivity index (χ2v) is 10.3. The van der Waals surface area contributed by atoms with Crippen LogP contribution in [0.25, 0.3) is 0 Å². The van der Waals surface area contributed by atoms with Gasteiger partial charge in [0.1, 0.15) is 5.75 Å². The Balaban J connectivity index is 1.46. The zero-order valence-corrected chi connectivity index (χ0v) is 21.9. The van der Waals surface area contributed by atoms with E-state index in [1.54, 1.807) is 6.07 Å². The lowest BCUT2D eigenvalue weighted by molar-refractivity contribution is -0.164. The molecular formula is C25H28BrClF2N2O4. The van der Waals surface area contributed by atoms with Gasteiger partial charge in [0.25, 0.3) is 5.91 Å². The lowest BCUT2D eigenvalue weighted by Crippen LogP contribution is -2.42. The highest BCUT2D eigenvalue weighted by molar-refractivity contribution is 9.10. The van der Waals surface area contributed by atoms with Gasteiger partial charge in [0, 0.05) is 40.0 Å². The summed E-state index contributed by atoms with van der Waals surface area (Å²) < 4.78 is 42.5. The SMILES string of the molecule is CC(C)N1c2c(Br)cc(C(=O)Nc3ccc(OC(F)(F)Cl)cc3)cc2CC1COC1CCCCO1. The molecular weight excluding hydrogens is 546 g/mol. The third-order valence-corrected chi connectivity index (χ3v) is 6.71. The summed E-state index contributed by atoms with van der Waals surface area (Å²) in [5.41, 5.74) is -0.733. The molecule has 1 fully saturated rings. The van der Waals surface area contributed by atoms with E-state index in [1.165, 1.54) is 24.3 Å². The van der Waals surface area contributed by atoms with Crippen LogP contribution in [0.1, 0.15) is 49.0 Å². The smallest absolute Gasteiger partial charge is 0.420 e. The van der Waals surface area contributed by atoms with Gasteiger partial charge in [-0.15, -0.1) is 8.78 Å². The second-order valence-electron chi connectivity index (χ2n) is 8.98. The lowest BCUT2D eigenvalue weighted by Gasteiger charge is -2.33. The van der Waals surface area contributed by atoms with Crippen molar-refractivity contribution in [3.05, 3.63) is 52.0 Å². The van der Waals surface area contributed by atoms with Crippen molar-refractivity contribution >= 4 is 44.8 Å².